The number of rotatable bonds is 4. The van der Waals surface area contributed by atoms with E-state index in [0.717, 1.165) is 12.8 Å². The van der Waals surface area contributed by atoms with Gasteiger partial charge in [0.2, 0.25) is 5.91 Å². The first-order chi connectivity index (χ1) is 7.54. The third-order valence-electron chi connectivity index (χ3n) is 3.13. The molecule has 16 heavy (non-hydrogen) atoms. The first kappa shape index (κ1) is 13.8. The number of hydrogen-bond donors (Lipinski definition) is 2. The topological polar surface area (TPSA) is 55.1 Å². The summed E-state index contributed by atoms with van der Waals surface area (Å²) in [5, 5.41) is 3.72. The first-order valence-corrected chi connectivity index (χ1v) is 7.36. The number of carbonyl (C=O) groups is 1. The van der Waals surface area contributed by atoms with Gasteiger partial charge in [-0.1, -0.05) is 18.6 Å². The van der Waals surface area contributed by atoms with Gasteiger partial charge in [0.15, 0.2) is 0 Å². The molecule has 3 unspecified atom stereocenters. The van der Waals surface area contributed by atoms with E-state index in [-0.39, 0.29) is 16.8 Å². The van der Waals surface area contributed by atoms with Crippen LogP contribution in [0, 0.1) is 5.92 Å². The fourth-order valence-corrected chi connectivity index (χ4v) is 2.88. The zero-order valence-corrected chi connectivity index (χ0v) is 11.5. The van der Waals surface area contributed by atoms with E-state index in [2.05, 4.69) is 11.6 Å². The summed E-state index contributed by atoms with van der Waals surface area (Å²) in [4.78, 5) is 12.0. The Morgan fingerprint density at radius 2 is 2.25 bits per heavy atom. The fourth-order valence-electron chi connectivity index (χ4n) is 1.95. The molecule has 0 heterocycles. The maximum absolute atomic E-state index is 11.8. The summed E-state index contributed by atoms with van der Waals surface area (Å²) in [5.74, 6) is -0.385. The van der Waals surface area contributed by atoms with Crippen molar-refractivity contribution < 1.29 is 4.79 Å². The molecule has 92 valence electrons. The standard InChI is InChI=1S/C11H20N2OS2/c1-7(10(12)15)11(14)13-8-4-3-5-9(6-8)16-2/h7-9H,3-6H2,1-2H3,(H2,12,15)(H,13,14). The number of amides is 1. The molecule has 3 atom stereocenters. The van der Waals surface area contributed by atoms with Crippen molar-refractivity contribution in [1.82, 2.24) is 5.32 Å². The number of nitrogens with one attached hydrogen (secondary N) is 1. The predicted octanol–water partition coefficient (Wildman–Crippen LogP) is 1.70. The Morgan fingerprint density at radius 3 is 2.81 bits per heavy atom. The molecule has 1 rings (SSSR count). The second-order valence-corrected chi connectivity index (χ2v) is 5.96. The third kappa shape index (κ3) is 3.94. The summed E-state index contributed by atoms with van der Waals surface area (Å²) < 4.78 is 0. The molecule has 0 radical (unpaired) electrons. The van der Waals surface area contributed by atoms with Crippen LogP contribution in [-0.2, 0) is 4.79 Å². The highest BCUT2D eigenvalue weighted by molar-refractivity contribution is 7.99. The molecule has 0 aromatic heterocycles. The van der Waals surface area contributed by atoms with E-state index >= 15 is 0 Å². The SMILES string of the molecule is CSC1CCCC(NC(=O)C(C)C(N)=S)C1. The lowest BCUT2D eigenvalue weighted by Gasteiger charge is -2.29. The third-order valence-corrected chi connectivity index (χ3v) is 4.57. The van der Waals surface area contributed by atoms with Gasteiger partial charge < -0.3 is 11.1 Å². The molecule has 3 N–H and O–H groups in total. The van der Waals surface area contributed by atoms with Crippen LogP contribution in [0.4, 0.5) is 0 Å². The van der Waals surface area contributed by atoms with Crippen LogP contribution in [0.1, 0.15) is 32.6 Å². The van der Waals surface area contributed by atoms with Gasteiger partial charge in [-0.15, -0.1) is 0 Å². The number of thiocarbonyl (C=S) groups is 1. The molecule has 1 aliphatic rings. The molecule has 1 saturated carbocycles. The van der Waals surface area contributed by atoms with Crippen LogP contribution in [0.25, 0.3) is 0 Å². The Balaban J connectivity index is 2.41. The largest absolute Gasteiger partial charge is 0.393 e. The number of hydrogen-bond acceptors (Lipinski definition) is 3. The van der Waals surface area contributed by atoms with Crippen molar-refractivity contribution >= 4 is 34.9 Å². The van der Waals surface area contributed by atoms with Crippen LogP contribution in [0.3, 0.4) is 0 Å². The average Bonchev–Trinajstić information content (AvgIpc) is 2.28. The van der Waals surface area contributed by atoms with E-state index in [0.29, 0.717) is 11.3 Å². The molecule has 0 aliphatic heterocycles. The normalized spacial score (nSPS) is 27.1. The summed E-state index contributed by atoms with van der Waals surface area (Å²) in [6.45, 7) is 1.76. The highest BCUT2D eigenvalue weighted by atomic mass is 32.2. The maximum atomic E-state index is 11.8. The van der Waals surface area contributed by atoms with Crippen molar-refractivity contribution in [2.24, 2.45) is 11.7 Å². The van der Waals surface area contributed by atoms with Crippen LogP contribution >= 0.6 is 24.0 Å². The van der Waals surface area contributed by atoms with Crippen LogP contribution in [0.2, 0.25) is 0 Å². The van der Waals surface area contributed by atoms with Crippen molar-refractivity contribution in [3.05, 3.63) is 0 Å². The fraction of sp³-hybridized carbons (Fsp3) is 0.818. The minimum atomic E-state index is -0.357. The van der Waals surface area contributed by atoms with Gasteiger partial charge >= 0.3 is 0 Å². The minimum Gasteiger partial charge on any atom is -0.393 e. The Morgan fingerprint density at radius 1 is 1.56 bits per heavy atom. The van der Waals surface area contributed by atoms with Crippen molar-refractivity contribution in [2.45, 2.75) is 43.9 Å². The second-order valence-electron chi connectivity index (χ2n) is 4.35. The molecule has 3 nitrogen and oxygen atoms in total. The lowest BCUT2D eigenvalue weighted by atomic mass is 9.94. The molecule has 0 aromatic rings. The predicted molar refractivity (Wildman–Crippen MR) is 73.7 cm³/mol. The molecule has 0 spiro atoms. The Hall–Kier alpha value is -0.290. The monoisotopic (exact) mass is 260 g/mol. The summed E-state index contributed by atoms with van der Waals surface area (Å²) >= 11 is 6.71. The highest BCUT2D eigenvalue weighted by Gasteiger charge is 2.24. The molecule has 0 bridgehead atoms. The van der Waals surface area contributed by atoms with Crippen molar-refractivity contribution in [1.29, 1.82) is 0 Å². The molecule has 1 fully saturated rings. The summed E-state index contributed by atoms with van der Waals surface area (Å²) in [5.41, 5.74) is 5.46. The van der Waals surface area contributed by atoms with Crippen LogP contribution in [0.5, 0.6) is 0 Å². The van der Waals surface area contributed by atoms with E-state index in [1.807, 2.05) is 11.8 Å². The van der Waals surface area contributed by atoms with Crippen LogP contribution in [-0.4, -0.2) is 28.4 Å². The summed E-state index contributed by atoms with van der Waals surface area (Å²) in [6, 6.07) is 0.301. The average molecular weight is 260 g/mol. The van der Waals surface area contributed by atoms with E-state index in [4.69, 9.17) is 18.0 Å². The van der Waals surface area contributed by atoms with Gasteiger partial charge in [-0.25, -0.2) is 0 Å². The molecule has 0 saturated heterocycles. The zero-order chi connectivity index (χ0) is 12.1. The zero-order valence-electron chi connectivity index (χ0n) is 9.86. The van der Waals surface area contributed by atoms with Crippen molar-refractivity contribution in [3.8, 4) is 0 Å². The first-order valence-electron chi connectivity index (χ1n) is 5.67. The van der Waals surface area contributed by atoms with Crippen LogP contribution < -0.4 is 11.1 Å². The van der Waals surface area contributed by atoms with E-state index in [1.165, 1.54) is 12.8 Å². The number of carbonyl (C=O) groups excluding carboxylic acids is 1. The smallest absolute Gasteiger partial charge is 0.229 e. The second kappa shape index (κ2) is 6.45. The number of nitrogens with two attached hydrogens (primary N) is 1. The molecular weight excluding hydrogens is 240 g/mol. The number of thioether (sulfide) groups is 1. The molecule has 5 heteroatoms. The lowest BCUT2D eigenvalue weighted by Crippen LogP contribution is -2.44. The Labute approximate surface area is 107 Å². The van der Waals surface area contributed by atoms with Gasteiger partial charge in [0.1, 0.15) is 0 Å². The van der Waals surface area contributed by atoms with E-state index < -0.39 is 0 Å². The minimum absolute atomic E-state index is 0.0285. The molecule has 1 amide bonds. The van der Waals surface area contributed by atoms with Crippen molar-refractivity contribution in [2.75, 3.05) is 6.26 Å². The molecule has 1 aliphatic carbocycles. The van der Waals surface area contributed by atoms with Gasteiger partial charge in [0, 0.05) is 11.3 Å². The Kier molecular flexibility index (Phi) is 5.55. The Bertz CT molecular complexity index is 271. The van der Waals surface area contributed by atoms with Gasteiger partial charge in [0.25, 0.3) is 0 Å². The molecular formula is C11H20N2OS2. The van der Waals surface area contributed by atoms with E-state index in [9.17, 15) is 4.79 Å². The quantitative estimate of drug-likeness (QED) is 0.756. The van der Waals surface area contributed by atoms with Gasteiger partial charge in [-0.2, -0.15) is 11.8 Å². The van der Waals surface area contributed by atoms with Crippen LogP contribution in [0.15, 0.2) is 0 Å². The van der Waals surface area contributed by atoms with Gasteiger partial charge in [0.05, 0.1) is 10.9 Å². The molecule has 0 aromatic carbocycles. The summed E-state index contributed by atoms with van der Waals surface area (Å²) in [6.07, 6.45) is 6.73. The van der Waals surface area contributed by atoms with E-state index in [1.54, 1.807) is 6.92 Å². The summed E-state index contributed by atoms with van der Waals surface area (Å²) in [7, 11) is 0. The van der Waals surface area contributed by atoms with Crippen molar-refractivity contribution in [3.63, 3.8) is 0 Å². The lowest BCUT2D eigenvalue weighted by molar-refractivity contribution is -0.123. The van der Waals surface area contributed by atoms with Gasteiger partial charge in [-0.05, 0) is 32.4 Å². The maximum Gasteiger partial charge on any atom is 0.229 e. The van der Waals surface area contributed by atoms with Gasteiger partial charge in [-0.3, -0.25) is 4.79 Å². The highest BCUT2D eigenvalue weighted by Crippen LogP contribution is 2.26.